The van der Waals surface area contributed by atoms with Crippen molar-refractivity contribution in [1.82, 2.24) is 0 Å². The molecule has 8 rings (SSSR count). The SMILES string of the molecule is CCCCC1(CCCC)c2ccccc2-c2c1c1c(c3cc(SC)c(SC)cc23)OC(C2=CC=CCC2)(c2ccc(N3CCOCC3)cc2)C=C1. The number of hydrogen-bond donors (Lipinski definition) is 0. The van der Waals surface area contributed by atoms with Crippen molar-refractivity contribution in [3.8, 4) is 16.9 Å². The van der Waals surface area contributed by atoms with Gasteiger partial charge in [-0.2, -0.15) is 0 Å². The normalized spacial score (nSPS) is 20.2. The lowest BCUT2D eigenvalue weighted by Gasteiger charge is -2.41. The highest BCUT2D eigenvalue weighted by atomic mass is 32.2. The zero-order valence-electron chi connectivity index (χ0n) is 30.7. The van der Waals surface area contributed by atoms with Gasteiger partial charge in [0, 0.05) is 50.5 Å². The Morgan fingerprint density at radius 2 is 1.55 bits per heavy atom. The summed E-state index contributed by atoms with van der Waals surface area (Å²) >= 11 is 3.69. The fourth-order valence-electron chi connectivity index (χ4n) is 9.26. The summed E-state index contributed by atoms with van der Waals surface area (Å²) < 4.78 is 13.5. The van der Waals surface area contributed by atoms with Crippen molar-refractivity contribution in [2.24, 2.45) is 0 Å². The van der Waals surface area contributed by atoms with Gasteiger partial charge in [0.1, 0.15) is 5.75 Å². The van der Waals surface area contributed by atoms with E-state index in [-0.39, 0.29) is 5.41 Å². The van der Waals surface area contributed by atoms with Gasteiger partial charge in [0.25, 0.3) is 0 Å². The summed E-state index contributed by atoms with van der Waals surface area (Å²) in [5.74, 6) is 1.05. The molecule has 0 N–H and O–H groups in total. The van der Waals surface area contributed by atoms with Gasteiger partial charge in [-0.15, -0.1) is 23.5 Å². The molecule has 4 aromatic carbocycles. The van der Waals surface area contributed by atoms with E-state index in [0.29, 0.717) is 0 Å². The molecule has 2 aliphatic carbocycles. The van der Waals surface area contributed by atoms with Crippen LogP contribution < -0.4 is 9.64 Å². The van der Waals surface area contributed by atoms with Gasteiger partial charge >= 0.3 is 0 Å². The van der Waals surface area contributed by atoms with E-state index < -0.39 is 5.60 Å². The van der Waals surface area contributed by atoms with E-state index in [2.05, 4.69) is 122 Å². The number of benzene rings is 4. The Labute approximate surface area is 313 Å². The summed E-state index contributed by atoms with van der Waals surface area (Å²) in [6.45, 7) is 8.10. The van der Waals surface area contributed by atoms with Gasteiger partial charge in [0.2, 0.25) is 0 Å². The van der Waals surface area contributed by atoms with Crippen LogP contribution in [-0.2, 0) is 15.8 Å². The molecule has 0 saturated carbocycles. The van der Waals surface area contributed by atoms with Crippen molar-refractivity contribution in [1.29, 1.82) is 0 Å². The third-order valence-electron chi connectivity index (χ3n) is 11.8. The smallest absolute Gasteiger partial charge is 0.174 e. The summed E-state index contributed by atoms with van der Waals surface area (Å²) in [5.41, 5.74) is 10.2. The van der Waals surface area contributed by atoms with E-state index in [1.807, 2.05) is 23.5 Å². The van der Waals surface area contributed by atoms with Crippen LogP contribution in [0, 0.1) is 0 Å². The van der Waals surface area contributed by atoms with Crippen LogP contribution in [0.15, 0.2) is 100 Å². The number of hydrogen-bond acceptors (Lipinski definition) is 5. The minimum atomic E-state index is -0.693. The summed E-state index contributed by atoms with van der Waals surface area (Å²) in [6.07, 6.45) is 25.2. The number of anilines is 1. The fourth-order valence-corrected chi connectivity index (χ4v) is 10.8. The molecule has 3 nitrogen and oxygen atoms in total. The average molecular weight is 714 g/mol. The maximum Gasteiger partial charge on any atom is 0.174 e. The fraction of sp³-hybridized carbons (Fsp3) is 0.391. The van der Waals surface area contributed by atoms with E-state index in [1.54, 1.807) is 0 Å². The molecule has 51 heavy (non-hydrogen) atoms. The van der Waals surface area contributed by atoms with Crippen LogP contribution in [0.1, 0.15) is 87.5 Å². The molecule has 4 aliphatic rings. The topological polar surface area (TPSA) is 21.7 Å². The molecule has 0 aromatic heterocycles. The number of fused-ring (bicyclic) bond motifs is 8. The van der Waals surface area contributed by atoms with Crippen molar-refractivity contribution in [3.05, 3.63) is 113 Å². The van der Waals surface area contributed by atoms with Gasteiger partial charge in [-0.05, 0) is 102 Å². The molecule has 0 radical (unpaired) electrons. The number of ether oxygens (including phenoxy) is 2. The van der Waals surface area contributed by atoms with Crippen molar-refractivity contribution in [2.45, 2.75) is 86.0 Å². The molecular formula is C46H51NO2S2. The Balaban J connectivity index is 1.40. The first-order valence-electron chi connectivity index (χ1n) is 19.1. The van der Waals surface area contributed by atoms with E-state index >= 15 is 0 Å². The first kappa shape index (κ1) is 34.7. The Bertz CT molecular complexity index is 2010. The Hall–Kier alpha value is -3.38. The van der Waals surface area contributed by atoms with Crippen LogP contribution in [0.4, 0.5) is 5.69 Å². The standard InChI is InChI=1S/C46H51NO2S2/c1-5-7-23-45(24-8-6-2)39-17-13-12-16-35(39)42-37-30-40(50-3)41(51-4)31-38(37)44-36(43(42)45)22-25-46(49-44,32-14-10-9-11-15-32)33-18-20-34(21-19-33)47-26-28-48-29-27-47/h9-10,12-14,16-22,25,30-31H,5-8,11,15,23-24,26-29H2,1-4H3. The van der Waals surface area contributed by atoms with E-state index in [4.69, 9.17) is 9.47 Å². The second-order valence-electron chi connectivity index (χ2n) is 14.6. The van der Waals surface area contributed by atoms with Gasteiger partial charge in [-0.3, -0.25) is 0 Å². The molecule has 5 heteroatoms. The lowest BCUT2D eigenvalue weighted by Crippen LogP contribution is -2.37. The third-order valence-corrected chi connectivity index (χ3v) is 13.5. The first-order valence-corrected chi connectivity index (χ1v) is 21.6. The Kier molecular flexibility index (Phi) is 9.91. The van der Waals surface area contributed by atoms with Gasteiger partial charge in [-0.1, -0.05) is 100 Å². The number of thioether (sulfide) groups is 2. The predicted octanol–water partition coefficient (Wildman–Crippen LogP) is 12.3. The highest BCUT2D eigenvalue weighted by molar-refractivity contribution is 8.01. The van der Waals surface area contributed by atoms with E-state index in [0.717, 1.165) is 57.7 Å². The Morgan fingerprint density at radius 1 is 0.843 bits per heavy atom. The first-order chi connectivity index (χ1) is 25.1. The lowest BCUT2D eigenvalue weighted by atomic mass is 9.68. The van der Waals surface area contributed by atoms with Gasteiger partial charge in [0.15, 0.2) is 5.60 Å². The van der Waals surface area contributed by atoms with Crippen LogP contribution in [-0.4, -0.2) is 38.8 Å². The molecule has 0 bridgehead atoms. The van der Waals surface area contributed by atoms with Crippen molar-refractivity contribution in [2.75, 3.05) is 43.7 Å². The predicted molar refractivity (Wildman–Crippen MR) is 220 cm³/mol. The van der Waals surface area contributed by atoms with Crippen molar-refractivity contribution >= 4 is 46.1 Å². The maximum absolute atomic E-state index is 7.80. The monoisotopic (exact) mass is 713 g/mol. The number of unbranched alkanes of at least 4 members (excludes halogenated alkanes) is 2. The minimum Gasteiger partial charge on any atom is -0.473 e. The highest BCUT2D eigenvalue weighted by Crippen LogP contribution is 2.62. The third kappa shape index (κ3) is 5.79. The summed E-state index contributed by atoms with van der Waals surface area (Å²) in [7, 11) is 0. The highest BCUT2D eigenvalue weighted by Gasteiger charge is 2.48. The number of morpholine rings is 1. The van der Waals surface area contributed by atoms with Crippen LogP contribution >= 0.6 is 23.5 Å². The zero-order valence-corrected chi connectivity index (χ0v) is 32.4. The van der Waals surface area contributed by atoms with Gasteiger partial charge in [-0.25, -0.2) is 0 Å². The van der Waals surface area contributed by atoms with E-state index in [9.17, 15) is 0 Å². The Morgan fingerprint density at radius 3 is 2.22 bits per heavy atom. The molecule has 2 aliphatic heterocycles. The molecule has 4 aromatic rings. The molecule has 0 amide bonds. The lowest BCUT2D eigenvalue weighted by molar-refractivity contribution is 0.122. The number of nitrogens with zero attached hydrogens (tertiary/aromatic N) is 1. The molecule has 1 saturated heterocycles. The minimum absolute atomic E-state index is 0.0474. The molecule has 0 spiro atoms. The molecule has 1 unspecified atom stereocenters. The van der Waals surface area contributed by atoms with Crippen LogP contribution in [0.25, 0.3) is 28.0 Å². The van der Waals surface area contributed by atoms with Gasteiger partial charge in [0.05, 0.1) is 13.2 Å². The van der Waals surface area contributed by atoms with Crippen molar-refractivity contribution in [3.63, 3.8) is 0 Å². The molecule has 1 atom stereocenters. The molecule has 2 heterocycles. The van der Waals surface area contributed by atoms with Crippen LogP contribution in [0.3, 0.4) is 0 Å². The summed E-state index contributed by atoms with van der Waals surface area (Å²) in [5, 5.41) is 2.56. The average Bonchev–Trinajstić information content (AvgIpc) is 3.49. The maximum atomic E-state index is 7.80. The van der Waals surface area contributed by atoms with Crippen LogP contribution in [0.2, 0.25) is 0 Å². The second-order valence-corrected chi connectivity index (χ2v) is 16.3. The largest absolute Gasteiger partial charge is 0.473 e. The summed E-state index contributed by atoms with van der Waals surface area (Å²) in [4.78, 5) is 5.08. The molecule has 1 fully saturated rings. The van der Waals surface area contributed by atoms with E-state index in [1.165, 1.54) is 90.9 Å². The quantitative estimate of drug-likeness (QED) is 0.144. The zero-order chi connectivity index (χ0) is 35.0. The summed E-state index contributed by atoms with van der Waals surface area (Å²) in [6, 6.07) is 23.5. The number of rotatable bonds is 11. The molecular weight excluding hydrogens is 663 g/mol. The number of allylic oxidation sites excluding steroid dienone is 3. The van der Waals surface area contributed by atoms with Crippen molar-refractivity contribution < 1.29 is 9.47 Å². The van der Waals surface area contributed by atoms with Gasteiger partial charge < -0.3 is 14.4 Å². The van der Waals surface area contributed by atoms with Crippen LogP contribution in [0.5, 0.6) is 5.75 Å². The second kappa shape index (κ2) is 14.6. The molecule has 264 valence electrons.